The van der Waals surface area contributed by atoms with Crippen molar-refractivity contribution in [3.05, 3.63) is 11.6 Å². The van der Waals surface area contributed by atoms with E-state index in [1.807, 2.05) is 0 Å². The molecule has 3 nitrogen and oxygen atoms in total. The van der Waals surface area contributed by atoms with Gasteiger partial charge in [0.2, 0.25) is 0 Å². The fraction of sp³-hybridized carbons (Fsp3) is 0.882. The van der Waals surface area contributed by atoms with Gasteiger partial charge in [0.15, 0.2) is 0 Å². The molecule has 1 unspecified atom stereocenters. The van der Waals surface area contributed by atoms with E-state index in [0.29, 0.717) is 6.04 Å². The molecule has 0 aromatic heterocycles. The summed E-state index contributed by atoms with van der Waals surface area (Å²) in [5.74, 6) is 5.97. The molecule has 1 fully saturated rings. The van der Waals surface area contributed by atoms with E-state index in [0.717, 1.165) is 0 Å². The summed E-state index contributed by atoms with van der Waals surface area (Å²) in [5, 5.41) is 0. The summed E-state index contributed by atoms with van der Waals surface area (Å²) in [6, 6.07) is 0.290. The smallest absolute Gasteiger partial charge is 0.0598 e. The SMILES string of the molecule is CC(C)(C(NN)C1=CCCCCC1)N1CCCCCC1. The van der Waals surface area contributed by atoms with Crippen molar-refractivity contribution >= 4 is 0 Å². The molecule has 2 rings (SSSR count). The lowest BCUT2D eigenvalue weighted by Gasteiger charge is -2.44. The van der Waals surface area contributed by atoms with E-state index in [-0.39, 0.29) is 5.54 Å². The van der Waals surface area contributed by atoms with Crippen molar-refractivity contribution in [1.29, 1.82) is 0 Å². The van der Waals surface area contributed by atoms with Gasteiger partial charge in [0.05, 0.1) is 6.04 Å². The van der Waals surface area contributed by atoms with Gasteiger partial charge >= 0.3 is 0 Å². The van der Waals surface area contributed by atoms with Crippen LogP contribution in [0.25, 0.3) is 0 Å². The van der Waals surface area contributed by atoms with Crippen molar-refractivity contribution in [2.75, 3.05) is 13.1 Å². The molecule has 0 aromatic rings. The first-order valence-electron chi connectivity index (χ1n) is 8.56. The lowest BCUT2D eigenvalue weighted by Crippen LogP contribution is -2.60. The lowest BCUT2D eigenvalue weighted by molar-refractivity contribution is 0.0947. The molecule has 0 saturated carbocycles. The molecular formula is C17H33N3. The number of hydrogen-bond donors (Lipinski definition) is 2. The van der Waals surface area contributed by atoms with Gasteiger partial charge in [0, 0.05) is 5.54 Å². The third-order valence-corrected chi connectivity index (χ3v) is 5.24. The molecule has 0 radical (unpaired) electrons. The van der Waals surface area contributed by atoms with Gasteiger partial charge < -0.3 is 0 Å². The van der Waals surface area contributed by atoms with Crippen LogP contribution in [0.4, 0.5) is 0 Å². The van der Waals surface area contributed by atoms with E-state index in [1.165, 1.54) is 70.9 Å². The number of hydrogen-bond acceptors (Lipinski definition) is 3. The van der Waals surface area contributed by atoms with Gasteiger partial charge in [-0.05, 0) is 65.5 Å². The molecule has 0 bridgehead atoms. The zero-order valence-electron chi connectivity index (χ0n) is 13.5. The van der Waals surface area contributed by atoms with Crippen LogP contribution in [-0.4, -0.2) is 29.6 Å². The van der Waals surface area contributed by atoms with Gasteiger partial charge in [-0.1, -0.05) is 30.9 Å². The standard InChI is InChI=1S/C17H33N3/c1-17(2,20-13-9-5-6-10-14-20)16(19-18)15-11-7-3-4-8-12-15/h11,16,19H,3-10,12-14,18H2,1-2H3. The minimum atomic E-state index is 0.106. The van der Waals surface area contributed by atoms with Gasteiger partial charge in [0.25, 0.3) is 0 Å². The van der Waals surface area contributed by atoms with Crippen molar-refractivity contribution in [2.45, 2.75) is 83.2 Å². The Hall–Kier alpha value is -0.380. The van der Waals surface area contributed by atoms with E-state index < -0.39 is 0 Å². The second-order valence-corrected chi connectivity index (χ2v) is 7.03. The minimum Gasteiger partial charge on any atom is -0.296 e. The van der Waals surface area contributed by atoms with Crippen LogP contribution in [0, 0.1) is 0 Å². The van der Waals surface area contributed by atoms with Gasteiger partial charge in [-0.15, -0.1) is 0 Å². The third-order valence-electron chi connectivity index (χ3n) is 5.24. The van der Waals surface area contributed by atoms with Gasteiger partial charge in [-0.2, -0.15) is 0 Å². The fourth-order valence-corrected chi connectivity index (χ4v) is 3.90. The summed E-state index contributed by atoms with van der Waals surface area (Å²) in [5.41, 5.74) is 4.79. The summed E-state index contributed by atoms with van der Waals surface area (Å²) >= 11 is 0. The summed E-state index contributed by atoms with van der Waals surface area (Å²) in [4.78, 5) is 2.66. The molecule has 0 amide bonds. The van der Waals surface area contributed by atoms with E-state index in [1.54, 1.807) is 5.57 Å². The molecule has 1 aliphatic carbocycles. The molecule has 0 aromatic carbocycles. The second kappa shape index (κ2) is 7.58. The van der Waals surface area contributed by atoms with Crippen LogP contribution in [0.5, 0.6) is 0 Å². The van der Waals surface area contributed by atoms with Crippen molar-refractivity contribution in [2.24, 2.45) is 5.84 Å². The van der Waals surface area contributed by atoms with E-state index in [4.69, 9.17) is 5.84 Å². The van der Waals surface area contributed by atoms with Gasteiger partial charge in [-0.25, -0.2) is 0 Å². The molecule has 2 aliphatic rings. The maximum absolute atomic E-state index is 5.97. The Morgan fingerprint density at radius 1 is 1.05 bits per heavy atom. The largest absolute Gasteiger partial charge is 0.296 e. The number of nitrogens with two attached hydrogens (primary N) is 1. The zero-order valence-corrected chi connectivity index (χ0v) is 13.5. The molecule has 1 saturated heterocycles. The van der Waals surface area contributed by atoms with E-state index in [9.17, 15) is 0 Å². The fourth-order valence-electron chi connectivity index (χ4n) is 3.90. The Balaban J connectivity index is 2.12. The maximum atomic E-state index is 5.97. The highest BCUT2D eigenvalue weighted by Crippen LogP contribution is 2.30. The normalized spacial score (nSPS) is 24.6. The number of hydrazine groups is 1. The first-order valence-corrected chi connectivity index (χ1v) is 8.56. The molecule has 20 heavy (non-hydrogen) atoms. The number of likely N-dealkylation sites (tertiary alicyclic amines) is 1. The van der Waals surface area contributed by atoms with Crippen LogP contribution in [0.1, 0.15) is 71.6 Å². The molecule has 1 atom stereocenters. The number of nitrogens with zero attached hydrogens (tertiary/aromatic N) is 1. The monoisotopic (exact) mass is 279 g/mol. The first-order chi connectivity index (χ1) is 9.66. The number of allylic oxidation sites excluding steroid dienone is 1. The predicted molar refractivity (Wildman–Crippen MR) is 86.4 cm³/mol. The van der Waals surface area contributed by atoms with Gasteiger partial charge in [-0.3, -0.25) is 16.2 Å². The topological polar surface area (TPSA) is 41.3 Å². The highest BCUT2D eigenvalue weighted by atomic mass is 15.3. The van der Waals surface area contributed by atoms with E-state index in [2.05, 4.69) is 30.2 Å². The number of rotatable bonds is 4. The van der Waals surface area contributed by atoms with Crippen LogP contribution < -0.4 is 11.3 Å². The van der Waals surface area contributed by atoms with Crippen LogP contribution >= 0.6 is 0 Å². The molecule has 3 heteroatoms. The van der Waals surface area contributed by atoms with Gasteiger partial charge in [0.1, 0.15) is 0 Å². The van der Waals surface area contributed by atoms with Crippen LogP contribution in [0.3, 0.4) is 0 Å². The number of nitrogens with one attached hydrogen (secondary N) is 1. The van der Waals surface area contributed by atoms with Crippen molar-refractivity contribution in [1.82, 2.24) is 10.3 Å². The average molecular weight is 279 g/mol. The Morgan fingerprint density at radius 3 is 2.35 bits per heavy atom. The Morgan fingerprint density at radius 2 is 1.70 bits per heavy atom. The van der Waals surface area contributed by atoms with Crippen molar-refractivity contribution < 1.29 is 0 Å². The summed E-state index contributed by atoms with van der Waals surface area (Å²) < 4.78 is 0. The summed E-state index contributed by atoms with van der Waals surface area (Å²) in [7, 11) is 0. The Bertz CT molecular complexity index is 314. The Kier molecular flexibility index (Phi) is 6.06. The highest BCUT2D eigenvalue weighted by molar-refractivity contribution is 5.18. The highest BCUT2D eigenvalue weighted by Gasteiger charge is 2.36. The lowest BCUT2D eigenvalue weighted by atomic mass is 9.85. The summed E-state index contributed by atoms with van der Waals surface area (Å²) in [6.07, 6.45) is 14.4. The van der Waals surface area contributed by atoms with Crippen LogP contribution in [-0.2, 0) is 0 Å². The average Bonchev–Trinajstić information content (AvgIpc) is 2.84. The second-order valence-electron chi connectivity index (χ2n) is 7.03. The minimum absolute atomic E-state index is 0.106. The van der Waals surface area contributed by atoms with E-state index >= 15 is 0 Å². The van der Waals surface area contributed by atoms with Crippen LogP contribution in [0.15, 0.2) is 11.6 Å². The molecule has 1 heterocycles. The molecule has 116 valence electrons. The quantitative estimate of drug-likeness (QED) is 0.471. The zero-order chi connectivity index (χ0) is 14.4. The molecule has 1 aliphatic heterocycles. The summed E-state index contributed by atoms with van der Waals surface area (Å²) in [6.45, 7) is 7.18. The Labute approximate surface area is 124 Å². The third kappa shape index (κ3) is 3.84. The van der Waals surface area contributed by atoms with Crippen molar-refractivity contribution in [3.8, 4) is 0 Å². The van der Waals surface area contributed by atoms with Crippen molar-refractivity contribution in [3.63, 3.8) is 0 Å². The maximum Gasteiger partial charge on any atom is 0.0598 e. The predicted octanol–water partition coefficient (Wildman–Crippen LogP) is 3.36. The van der Waals surface area contributed by atoms with Crippen LogP contribution in [0.2, 0.25) is 0 Å². The molecule has 0 spiro atoms. The molecule has 3 N–H and O–H groups in total. The molecular weight excluding hydrogens is 246 g/mol. The first kappa shape index (κ1) is 16.0.